The van der Waals surface area contributed by atoms with Gasteiger partial charge in [-0.05, 0) is 110 Å². The first kappa shape index (κ1) is 25.2. The van der Waals surface area contributed by atoms with E-state index in [1.807, 2.05) is 58.0 Å². The summed E-state index contributed by atoms with van der Waals surface area (Å²) in [5.74, 6) is -1.73. The van der Waals surface area contributed by atoms with E-state index in [2.05, 4.69) is 16.0 Å². The van der Waals surface area contributed by atoms with Crippen LogP contribution >= 0.6 is 0 Å². The lowest BCUT2D eigenvalue weighted by Gasteiger charge is -2.03. The van der Waals surface area contributed by atoms with Crippen molar-refractivity contribution < 1.29 is 19.8 Å². The summed E-state index contributed by atoms with van der Waals surface area (Å²) in [5, 5.41) is 18.7. The van der Waals surface area contributed by atoms with E-state index >= 15 is 0 Å². The van der Waals surface area contributed by atoms with Crippen LogP contribution < -0.4 is 0 Å². The van der Waals surface area contributed by atoms with Gasteiger partial charge in [-0.2, -0.15) is 0 Å². The number of aromatic nitrogens is 4. The van der Waals surface area contributed by atoms with Crippen LogP contribution in [0.15, 0.2) is 30.3 Å². The summed E-state index contributed by atoms with van der Waals surface area (Å²) in [4.78, 5) is 39.5. The van der Waals surface area contributed by atoms with Gasteiger partial charge in [-0.3, -0.25) is 9.59 Å². The first-order valence-electron chi connectivity index (χ1n) is 12.6. The van der Waals surface area contributed by atoms with Crippen molar-refractivity contribution in [1.82, 2.24) is 19.9 Å². The van der Waals surface area contributed by atoms with Gasteiger partial charge in [0.1, 0.15) is 0 Å². The van der Waals surface area contributed by atoms with Gasteiger partial charge >= 0.3 is 11.9 Å². The smallest absolute Gasteiger partial charge is 0.303 e. The fraction of sp³-hybridized carbons (Fsp3) is 0.267. The number of carboxylic acid groups (broad SMARTS) is 2. The van der Waals surface area contributed by atoms with Gasteiger partial charge < -0.3 is 20.2 Å². The topological polar surface area (TPSA) is 132 Å². The monoisotopic (exact) mass is 510 g/mol. The van der Waals surface area contributed by atoms with Gasteiger partial charge in [-0.25, -0.2) is 9.97 Å². The summed E-state index contributed by atoms with van der Waals surface area (Å²) in [6.45, 7) is 8.01. The van der Waals surface area contributed by atoms with E-state index in [1.54, 1.807) is 0 Å². The summed E-state index contributed by atoms with van der Waals surface area (Å²) >= 11 is 0. The highest BCUT2D eigenvalue weighted by Gasteiger charge is 2.19. The highest BCUT2D eigenvalue weighted by Crippen LogP contribution is 2.34. The van der Waals surface area contributed by atoms with Crippen molar-refractivity contribution in [2.45, 2.75) is 53.4 Å². The van der Waals surface area contributed by atoms with Crippen LogP contribution in [-0.2, 0) is 16.0 Å². The van der Waals surface area contributed by atoms with Crippen LogP contribution in [0.5, 0.6) is 0 Å². The molecular weight excluding hydrogens is 480 g/mol. The molecule has 0 saturated heterocycles. The molecule has 0 radical (unpaired) electrons. The number of allylic oxidation sites excluding steroid dienone is 3. The first-order chi connectivity index (χ1) is 18.1. The Balaban J connectivity index is 1.86. The third-order valence-electron chi connectivity index (χ3n) is 7.26. The summed E-state index contributed by atoms with van der Waals surface area (Å²) in [7, 11) is 0. The molecule has 5 rings (SSSR count). The second-order valence-electron chi connectivity index (χ2n) is 9.98. The molecule has 0 aliphatic carbocycles. The number of aromatic amines is 2. The van der Waals surface area contributed by atoms with E-state index in [-0.39, 0.29) is 12.8 Å². The minimum Gasteiger partial charge on any atom is -0.481 e. The molecular formula is C30H30N4O4. The number of nitrogens with zero attached hydrogens (tertiary/aromatic N) is 2. The third kappa shape index (κ3) is 4.89. The van der Waals surface area contributed by atoms with Crippen LogP contribution in [-0.4, -0.2) is 42.1 Å². The molecule has 4 N–H and O–H groups in total. The zero-order chi connectivity index (χ0) is 27.1. The number of nitrogens with one attached hydrogen (secondary N) is 2. The molecule has 38 heavy (non-hydrogen) atoms. The molecule has 0 amide bonds. The molecule has 0 atom stereocenters. The lowest BCUT2D eigenvalue weighted by Crippen LogP contribution is -1.98. The predicted molar refractivity (Wildman–Crippen MR) is 149 cm³/mol. The molecule has 8 heteroatoms. The van der Waals surface area contributed by atoms with Gasteiger partial charge in [-0.1, -0.05) is 0 Å². The molecule has 8 nitrogen and oxygen atoms in total. The van der Waals surface area contributed by atoms with E-state index in [1.165, 1.54) is 0 Å². The van der Waals surface area contributed by atoms with E-state index in [0.29, 0.717) is 18.5 Å². The van der Waals surface area contributed by atoms with E-state index < -0.39 is 11.9 Å². The van der Waals surface area contributed by atoms with Crippen LogP contribution in [0.3, 0.4) is 0 Å². The van der Waals surface area contributed by atoms with E-state index in [4.69, 9.17) is 9.97 Å². The molecule has 2 aliphatic rings. The van der Waals surface area contributed by atoms with Gasteiger partial charge in [-0.15, -0.1) is 0 Å². The Morgan fingerprint density at radius 2 is 1.47 bits per heavy atom. The largest absolute Gasteiger partial charge is 0.481 e. The minimum absolute atomic E-state index is 0.00159. The van der Waals surface area contributed by atoms with Crippen molar-refractivity contribution in [3.63, 3.8) is 0 Å². The average molecular weight is 511 g/mol. The molecule has 0 aromatic carbocycles. The molecule has 5 heterocycles. The van der Waals surface area contributed by atoms with Crippen LogP contribution in [0.2, 0.25) is 0 Å². The number of fused-ring (bicyclic) bond motifs is 8. The Hall–Kier alpha value is -4.46. The molecule has 0 saturated carbocycles. The van der Waals surface area contributed by atoms with Crippen LogP contribution in [0.1, 0.15) is 72.6 Å². The van der Waals surface area contributed by atoms with Crippen molar-refractivity contribution >= 4 is 56.8 Å². The Morgan fingerprint density at radius 1 is 0.763 bits per heavy atom. The van der Waals surface area contributed by atoms with Crippen molar-refractivity contribution in [3.8, 4) is 0 Å². The second kappa shape index (κ2) is 9.78. The molecule has 8 bridgehead atoms. The minimum atomic E-state index is -0.868. The highest BCUT2D eigenvalue weighted by atomic mass is 16.4. The number of hydrogen-bond donors (Lipinski definition) is 4. The summed E-state index contributed by atoms with van der Waals surface area (Å²) in [6, 6.07) is 10.00. The van der Waals surface area contributed by atoms with E-state index in [9.17, 15) is 19.8 Å². The van der Waals surface area contributed by atoms with Gasteiger partial charge in [0, 0.05) is 34.9 Å². The van der Waals surface area contributed by atoms with Gasteiger partial charge in [0.2, 0.25) is 0 Å². The lowest BCUT2D eigenvalue weighted by molar-refractivity contribution is -0.137. The standard InChI is InChI=1S/C30H30N4O4/c1-15-9-20-12-25-17(3)21(5-7-29(35)36)27(33-25)14-28-22(6-8-30(37)38)18(4)26(34-28)13-24-16(2)10-19(32-24)11-23(15)31-20/h9-14,32-33H,5-8H2,1-4H3,(H,35,36)(H,37,38). The fourth-order valence-electron chi connectivity index (χ4n) is 5.11. The summed E-state index contributed by atoms with van der Waals surface area (Å²) in [6.07, 6.45) is 2.73. The molecule has 0 unspecified atom stereocenters. The Bertz CT molecular complexity index is 1720. The molecule has 194 valence electrons. The molecule has 0 fully saturated rings. The molecule has 0 spiro atoms. The van der Waals surface area contributed by atoms with E-state index in [0.717, 1.165) is 72.6 Å². The quantitative estimate of drug-likeness (QED) is 0.307. The Kier molecular flexibility index (Phi) is 6.48. The number of rotatable bonds is 6. The molecule has 3 aromatic heterocycles. The maximum atomic E-state index is 11.4. The van der Waals surface area contributed by atoms with Gasteiger partial charge in [0.05, 0.1) is 22.8 Å². The number of aliphatic carboxylic acids is 2. The lowest BCUT2D eigenvalue weighted by atomic mass is 10.0. The zero-order valence-electron chi connectivity index (χ0n) is 21.9. The number of carbonyl (C=O) groups is 2. The summed E-state index contributed by atoms with van der Waals surface area (Å²) in [5.41, 5.74) is 12.4. The summed E-state index contributed by atoms with van der Waals surface area (Å²) < 4.78 is 0. The van der Waals surface area contributed by atoms with Crippen molar-refractivity contribution in [3.05, 3.63) is 69.8 Å². The Morgan fingerprint density at radius 3 is 2.21 bits per heavy atom. The molecule has 2 aliphatic heterocycles. The van der Waals surface area contributed by atoms with Crippen molar-refractivity contribution in [2.75, 3.05) is 0 Å². The zero-order valence-corrected chi connectivity index (χ0v) is 21.9. The SMILES string of the molecule is CC1=Cc2cc3[nH]c(cc4nc(cc5[nH]c(cc1n2)cc5C)C(C)=C4CCC(=O)O)c(CCC(=O)O)c3C. The average Bonchev–Trinajstić information content (AvgIpc) is 3.53. The normalized spacial score (nSPS) is 13.1. The highest BCUT2D eigenvalue weighted by molar-refractivity contribution is 5.94. The van der Waals surface area contributed by atoms with Crippen molar-refractivity contribution in [2.24, 2.45) is 0 Å². The third-order valence-corrected chi connectivity index (χ3v) is 7.26. The van der Waals surface area contributed by atoms with Gasteiger partial charge in [0.25, 0.3) is 0 Å². The number of H-pyrrole nitrogens is 2. The van der Waals surface area contributed by atoms with Crippen LogP contribution in [0.25, 0.3) is 44.9 Å². The second-order valence-corrected chi connectivity index (χ2v) is 9.98. The fourth-order valence-corrected chi connectivity index (χ4v) is 5.11. The predicted octanol–water partition coefficient (Wildman–Crippen LogP) is 6.30. The van der Waals surface area contributed by atoms with Crippen molar-refractivity contribution in [1.29, 1.82) is 0 Å². The van der Waals surface area contributed by atoms with Gasteiger partial charge in [0.15, 0.2) is 0 Å². The first-order valence-corrected chi connectivity index (χ1v) is 12.6. The maximum Gasteiger partial charge on any atom is 0.303 e. The maximum absolute atomic E-state index is 11.4. The molecule has 3 aromatic rings. The van der Waals surface area contributed by atoms with Crippen LogP contribution in [0.4, 0.5) is 0 Å². The number of carboxylic acids is 2. The van der Waals surface area contributed by atoms with Crippen LogP contribution in [0, 0.1) is 13.8 Å². The number of hydrogen-bond acceptors (Lipinski definition) is 4. The Labute approximate surface area is 219 Å². The number of aryl methyl sites for hydroxylation is 3.